The summed E-state index contributed by atoms with van der Waals surface area (Å²) in [4.78, 5) is 24.9. The van der Waals surface area contributed by atoms with Crippen molar-refractivity contribution in [2.45, 2.75) is 31.6 Å². The minimum Gasteiger partial charge on any atom is -0.274 e. The summed E-state index contributed by atoms with van der Waals surface area (Å²) < 4.78 is 27.4. The van der Waals surface area contributed by atoms with Gasteiger partial charge in [0.15, 0.2) is 0 Å². The van der Waals surface area contributed by atoms with Crippen molar-refractivity contribution in [2.75, 3.05) is 15.7 Å². The largest absolute Gasteiger partial charge is 0.274 e. The molecule has 0 aromatic heterocycles. The first kappa shape index (κ1) is 18.1. The summed E-state index contributed by atoms with van der Waals surface area (Å²) in [6.07, 6.45) is 0.381. The van der Waals surface area contributed by atoms with Gasteiger partial charge >= 0.3 is 0 Å². The lowest BCUT2D eigenvalue weighted by molar-refractivity contribution is -0.121. The van der Waals surface area contributed by atoms with E-state index in [0.717, 1.165) is 10.5 Å². The van der Waals surface area contributed by atoms with Crippen LogP contribution < -0.4 is 9.21 Å². The Morgan fingerprint density at radius 2 is 1.62 bits per heavy atom. The fourth-order valence-electron chi connectivity index (χ4n) is 3.03. The first-order valence-electron chi connectivity index (χ1n) is 8.40. The van der Waals surface area contributed by atoms with Gasteiger partial charge in [-0.05, 0) is 55.8 Å². The minimum absolute atomic E-state index is 0.115. The number of carbonyl (C=O) groups is 2. The number of hydrogen-bond donors (Lipinski definition) is 0. The molecular formula is C19H20N2O4S. The summed E-state index contributed by atoms with van der Waals surface area (Å²) in [6, 6.07) is 13.2. The van der Waals surface area contributed by atoms with Crippen LogP contribution in [0.2, 0.25) is 0 Å². The van der Waals surface area contributed by atoms with Crippen LogP contribution >= 0.6 is 0 Å². The Bertz CT molecular complexity index is 936. The highest BCUT2D eigenvalue weighted by Crippen LogP contribution is 2.27. The average molecular weight is 372 g/mol. The van der Waals surface area contributed by atoms with Gasteiger partial charge in [-0.15, -0.1) is 0 Å². The molecule has 0 radical (unpaired) electrons. The molecule has 2 amide bonds. The molecule has 26 heavy (non-hydrogen) atoms. The Morgan fingerprint density at radius 3 is 2.15 bits per heavy atom. The lowest BCUT2D eigenvalue weighted by Gasteiger charge is -2.23. The number of carbonyl (C=O) groups excluding carboxylic acids is 2. The third-order valence-electron chi connectivity index (χ3n) is 4.31. The molecule has 3 rings (SSSR count). The number of hydrogen-bond acceptors (Lipinski definition) is 4. The Hall–Kier alpha value is -2.67. The van der Waals surface area contributed by atoms with Gasteiger partial charge in [-0.2, -0.15) is 0 Å². The topological polar surface area (TPSA) is 74.8 Å². The minimum atomic E-state index is -3.74. The highest BCUT2D eigenvalue weighted by molar-refractivity contribution is 7.92. The number of imide groups is 1. The van der Waals surface area contributed by atoms with E-state index in [1.165, 1.54) is 28.6 Å². The molecule has 1 aliphatic rings. The monoisotopic (exact) mass is 372 g/mol. The molecule has 1 saturated heterocycles. The summed E-state index contributed by atoms with van der Waals surface area (Å²) in [7, 11) is -3.74. The first-order chi connectivity index (χ1) is 12.3. The molecule has 0 bridgehead atoms. The number of amides is 2. The SMILES string of the molecule is CCN(c1cccc(C)c1)S(=O)(=O)c1ccc(N2C(=O)CCC2=O)cc1. The lowest BCUT2D eigenvalue weighted by Crippen LogP contribution is -2.31. The molecule has 0 atom stereocenters. The van der Waals surface area contributed by atoms with Crippen molar-refractivity contribution in [2.24, 2.45) is 0 Å². The van der Waals surface area contributed by atoms with Crippen LogP contribution in [-0.2, 0) is 19.6 Å². The van der Waals surface area contributed by atoms with Crippen LogP contribution in [0.4, 0.5) is 11.4 Å². The molecule has 7 heteroatoms. The van der Waals surface area contributed by atoms with Crippen LogP contribution in [0.15, 0.2) is 53.4 Å². The second-order valence-corrected chi connectivity index (χ2v) is 7.99. The average Bonchev–Trinajstić information content (AvgIpc) is 2.94. The van der Waals surface area contributed by atoms with Crippen molar-refractivity contribution >= 4 is 33.2 Å². The number of benzene rings is 2. The van der Waals surface area contributed by atoms with Crippen molar-refractivity contribution in [3.63, 3.8) is 0 Å². The third kappa shape index (κ3) is 3.22. The molecule has 1 aliphatic heterocycles. The van der Waals surface area contributed by atoms with Gasteiger partial charge in [0.05, 0.1) is 16.3 Å². The second kappa shape index (κ2) is 6.92. The molecule has 0 aliphatic carbocycles. The Balaban J connectivity index is 1.94. The summed E-state index contributed by atoms with van der Waals surface area (Å²) in [5, 5.41) is 0. The number of aryl methyl sites for hydroxylation is 1. The maximum atomic E-state index is 13.0. The fourth-order valence-corrected chi connectivity index (χ4v) is 4.50. The number of nitrogens with zero attached hydrogens (tertiary/aromatic N) is 2. The molecule has 136 valence electrons. The zero-order valence-electron chi connectivity index (χ0n) is 14.7. The summed E-state index contributed by atoms with van der Waals surface area (Å²) in [5.41, 5.74) is 1.97. The van der Waals surface area contributed by atoms with Crippen molar-refractivity contribution in [1.29, 1.82) is 0 Å². The standard InChI is InChI=1S/C19H20N2O4S/c1-3-20(16-6-4-5-14(2)13-16)26(24,25)17-9-7-15(8-10-17)21-18(22)11-12-19(21)23/h4-10,13H,3,11-12H2,1-2H3. The van der Waals surface area contributed by atoms with Crippen molar-refractivity contribution < 1.29 is 18.0 Å². The summed E-state index contributed by atoms with van der Waals surface area (Å²) in [6.45, 7) is 3.97. The number of anilines is 2. The van der Waals surface area contributed by atoms with Crippen molar-refractivity contribution in [3.8, 4) is 0 Å². The van der Waals surface area contributed by atoms with E-state index in [4.69, 9.17) is 0 Å². The van der Waals surface area contributed by atoms with Gasteiger partial charge in [0.25, 0.3) is 10.0 Å². The second-order valence-electron chi connectivity index (χ2n) is 6.13. The molecule has 2 aromatic carbocycles. The highest BCUT2D eigenvalue weighted by Gasteiger charge is 2.31. The lowest BCUT2D eigenvalue weighted by atomic mass is 10.2. The summed E-state index contributed by atoms with van der Waals surface area (Å²) in [5.74, 6) is -0.527. The Labute approximate surface area is 153 Å². The van der Waals surface area contributed by atoms with Crippen molar-refractivity contribution in [1.82, 2.24) is 0 Å². The zero-order chi connectivity index (χ0) is 18.9. The molecule has 0 unspecified atom stereocenters. The normalized spacial score (nSPS) is 14.8. The predicted molar refractivity (Wildman–Crippen MR) is 99.6 cm³/mol. The maximum Gasteiger partial charge on any atom is 0.264 e. The van der Waals surface area contributed by atoms with Gasteiger partial charge in [0.2, 0.25) is 11.8 Å². The first-order valence-corrected chi connectivity index (χ1v) is 9.84. The van der Waals surface area contributed by atoms with Crippen LogP contribution in [-0.4, -0.2) is 26.8 Å². The van der Waals surface area contributed by atoms with Crippen LogP contribution in [0, 0.1) is 6.92 Å². The molecular weight excluding hydrogens is 352 g/mol. The molecule has 2 aromatic rings. The van der Waals surface area contributed by atoms with Gasteiger partial charge in [-0.1, -0.05) is 12.1 Å². The van der Waals surface area contributed by atoms with E-state index in [2.05, 4.69) is 0 Å². The van der Waals surface area contributed by atoms with E-state index in [1.54, 1.807) is 13.0 Å². The molecule has 0 spiro atoms. The van der Waals surface area contributed by atoms with E-state index < -0.39 is 10.0 Å². The van der Waals surface area contributed by atoms with Gasteiger partial charge in [0.1, 0.15) is 0 Å². The van der Waals surface area contributed by atoms with Crippen molar-refractivity contribution in [3.05, 3.63) is 54.1 Å². The van der Waals surface area contributed by atoms with E-state index in [9.17, 15) is 18.0 Å². The van der Waals surface area contributed by atoms with Crippen LogP contribution in [0.25, 0.3) is 0 Å². The van der Waals surface area contributed by atoms with Gasteiger partial charge < -0.3 is 0 Å². The van der Waals surface area contributed by atoms with E-state index >= 15 is 0 Å². The summed E-state index contributed by atoms with van der Waals surface area (Å²) >= 11 is 0. The third-order valence-corrected chi connectivity index (χ3v) is 6.23. The molecule has 0 N–H and O–H groups in total. The fraction of sp³-hybridized carbons (Fsp3) is 0.263. The molecule has 6 nitrogen and oxygen atoms in total. The van der Waals surface area contributed by atoms with E-state index in [1.807, 2.05) is 25.1 Å². The number of sulfonamides is 1. The van der Waals surface area contributed by atoms with Gasteiger partial charge in [0, 0.05) is 19.4 Å². The highest BCUT2D eigenvalue weighted by atomic mass is 32.2. The van der Waals surface area contributed by atoms with Crippen LogP contribution in [0.1, 0.15) is 25.3 Å². The Kier molecular flexibility index (Phi) is 4.82. The van der Waals surface area contributed by atoms with Gasteiger partial charge in [-0.25, -0.2) is 8.42 Å². The molecule has 1 heterocycles. The quantitative estimate of drug-likeness (QED) is 0.757. The smallest absolute Gasteiger partial charge is 0.264 e. The maximum absolute atomic E-state index is 13.0. The van der Waals surface area contributed by atoms with Crippen LogP contribution in [0.3, 0.4) is 0 Å². The molecule has 1 fully saturated rings. The number of rotatable bonds is 5. The predicted octanol–water partition coefficient (Wildman–Crippen LogP) is 2.86. The van der Waals surface area contributed by atoms with Gasteiger partial charge in [-0.3, -0.25) is 18.8 Å². The molecule has 0 saturated carbocycles. The van der Waals surface area contributed by atoms with E-state index in [0.29, 0.717) is 11.4 Å². The zero-order valence-corrected chi connectivity index (χ0v) is 15.5. The van der Waals surface area contributed by atoms with Crippen LogP contribution in [0.5, 0.6) is 0 Å². The van der Waals surface area contributed by atoms with E-state index in [-0.39, 0.29) is 36.1 Å². The Morgan fingerprint density at radius 1 is 1.00 bits per heavy atom.